The van der Waals surface area contributed by atoms with Crippen LogP contribution in [0.2, 0.25) is 10.0 Å². The number of allylic oxidation sites excluding steroid dienone is 1. The molecule has 7 heteroatoms. The molecule has 0 saturated carbocycles. The summed E-state index contributed by atoms with van der Waals surface area (Å²) in [6, 6.07) is 7.73. The van der Waals surface area contributed by atoms with Crippen molar-refractivity contribution in [2.24, 2.45) is 5.10 Å². The second-order valence-electron chi connectivity index (χ2n) is 7.26. The molecule has 0 atom stereocenters. The predicted octanol–water partition coefficient (Wildman–Crippen LogP) is 5.53. The molecule has 0 radical (unpaired) electrons. The number of hydrazone groups is 1. The van der Waals surface area contributed by atoms with Crippen molar-refractivity contribution < 1.29 is 9.18 Å². The predicted molar refractivity (Wildman–Crippen MR) is 114 cm³/mol. The largest absolute Gasteiger partial charge is 0.365 e. The Balaban J connectivity index is 1.82. The maximum atomic E-state index is 14.6. The zero-order chi connectivity index (χ0) is 20.6. The van der Waals surface area contributed by atoms with Crippen molar-refractivity contribution in [2.45, 2.75) is 26.3 Å². The third-order valence-electron chi connectivity index (χ3n) is 4.89. The van der Waals surface area contributed by atoms with Gasteiger partial charge in [0.2, 0.25) is 0 Å². The van der Waals surface area contributed by atoms with E-state index in [-0.39, 0.29) is 16.1 Å². The van der Waals surface area contributed by atoms with Crippen LogP contribution >= 0.6 is 23.2 Å². The molecule has 0 aromatic heterocycles. The first-order valence-corrected chi connectivity index (χ1v) is 9.41. The van der Waals surface area contributed by atoms with E-state index in [1.165, 1.54) is 30.5 Å². The Morgan fingerprint density at radius 2 is 1.93 bits per heavy atom. The summed E-state index contributed by atoms with van der Waals surface area (Å²) >= 11 is 11.8. The molecule has 1 aliphatic heterocycles. The van der Waals surface area contributed by atoms with Crippen LogP contribution < -0.4 is 10.3 Å². The van der Waals surface area contributed by atoms with Crippen LogP contribution in [0, 0.1) is 5.82 Å². The van der Waals surface area contributed by atoms with E-state index in [0.717, 1.165) is 16.8 Å². The molecule has 1 N–H and O–H groups in total. The number of benzene rings is 2. The van der Waals surface area contributed by atoms with Gasteiger partial charge in [-0.2, -0.15) is 5.10 Å². The highest BCUT2D eigenvalue weighted by atomic mass is 35.5. The topological polar surface area (TPSA) is 44.7 Å². The van der Waals surface area contributed by atoms with E-state index in [2.05, 4.69) is 30.5 Å². The molecule has 0 fully saturated rings. The van der Waals surface area contributed by atoms with Crippen LogP contribution in [0.25, 0.3) is 5.57 Å². The quantitative estimate of drug-likeness (QED) is 0.524. The molecule has 2 aromatic carbocycles. The Morgan fingerprint density at radius 3 is 2.61 bits per heavy atom. The van der Waals surface area contributed by atoms with Gasteiger partial charge in [0.15, 0.2) is 0 Å². The lowest BCUT2D eigenvalue weighted by atomic mass is 9.88. The Hall–Kier alpha value is -2.37. The van der Waals surface area contributed by atoms with Crippen molar-refractivity contribution >= 4 is 46.6 Å². The van der Waals surface area contributed by atoms with Gasteiger partial charge < -0.3 is 4.90 Å². The summed E-state index contributed by atoms with van der Waals surface area (Å²) in [6.45, 7) is 6.15. The molecule has 28 heavy (non-hydrogen) atoms. The number of hydrogen-bond donors (Lipinski definition) is 1. The standard InChI is InChI=1S/C21H20Cl2FN3O/c1-12-10-21(2,3)27(4)19-9-18(24)14(7-15(12)19)11-25-26-20(28)13-5-6-16(22)17(23)8-13/h5-11H,1-4H3,(H,26,28)/b25-11-. The number of hydrogen-bond acceptors (Lipinski definition) is 3. The average molecular weight is 420 g/mol. The van der Waals surface area contributed by atoms with E-state index in [9.17, 15) is 9.18 Å². The SMILES string of the molecule is CC1=CC(C)(C)N(C)c2cc(F)c(/C=N\NC(=O)c3ccc(Cl)c(Cl)c3)cc21. The number of halogens is 3. The molecule has 4 nitrogen and oxygen atoms in total. The lowest BCUT2D eigenvalue weighted by Gasteiger charge is -2.40. The van der Waals surface area contributed by atoms with Crippen LogP contribution in [0.5, 0.6) is 0 Å². The number of carbonyl (C=O) groups excluding carboxylic acids is 1. The molecule has 0 bridgehead atoms. The van der Waals surface area contributed by atoms with Gasteiger partial charge in [0.05, 0.1) is 21.8 Å². The van der Waals surface area contributed by atoms with Crippen LogP contribution in [0.15, 0.2) is 41.5 Å². The number of anilines is 1. The van der Waals surface area contributed by atoms with Crippen LogP contribution in [0.1, 0.15) is 42.3 Å². The molecule has 0 spiro atoms. The average Bonchev–Trinajstić information content (AvgIpc) is 2.62. The Labute approximate surface area is 173 Å². The lowest BCUT2D eigenvalue weighted by molar-refractivity contribution is 0.0955. The second kappa shape index (κ2) is 7.57. The van der Waals surface area contributed by atoms with Crippen LogP contribution in [0.3, 0.4) is 0 Å². The normalized spacial score (nSPS) is 15.4. The van der Waals surface area contributed by atoms with Crippen molar-refractivity contribution in [3.8, 4) is 0 Å². The maximum absolute atomic E-state index is 14.6. The van der Waals surface area contributed by atoms with E-state index in [0.29, 0.717) is 10.6 Å². The van der Waals surface area contributed by atoms with Gasteiger partial charge in [-0.15, -0.1) is 0 Å². The second-order valence-corrected chi connectivity index (χ2v) is 8.07. The van der Waals surface area contributed by atoms with E-state index in [4.69, 9.17) is 23.2 Å². The first-order chi connectivity index (χ1) is 13.1. The molecule has 1 heterocycles. The number of likely N-dealkylation sites (N-methyl/N-ethyl adjacent to an activating group) is 1. The zero-order valence-corrected chi connectivity index (χ0v) is 17.5. The fourth-order valence-electron chi connectivity index (χ4n) is 3.15. The van der Waals surface area contributed by atoms with Crippen molar-refractivity contribution in [1.29, 1.82) is 0 Å². The van der Waals surface area contributed by atoms with Gasteiger partial charge in [0.25, 0.3) is 5.91 Å². The van der Waals surface area contributed by atoms with E-state index in [1.807, 2.05) is 18.9 Å². The van der Waals surface area contributed by atoms with Crippen molar-refractivity contribution in [2.75, 3.05) is 11.9 Å². The first-order valence-electron chi connectivity index (χ1n) is 8.66. The summed E-state index contributed by atoms with van der Waals surface area (Å²) in [4.78, 5) is 14.2. The van der Waals surface area contributed by atoms with E-state index >= 15 is 0 Å². The summed E-state index contributed by atoms with van der Waals surface area (Å²) in [7, 11) is 1.94. The molecule has 1 amide bonds. The highest BCUT2D eigenvalue weighted by Gasteiger charge is 2.29. The smallest absolute Gasteiger partial charge is 0.271 e. The van der Waals surface area contributed by atoms with E-state index in [1.54, 1.807) is 6.07 Å². The fourth-order valence-corrected chi connectivity index (χ4v) is 3.45. The minimum absolute atomic E-state index is 0.201. The molecule has 2 aromatic rings. The molecule has 1 aliphatic rings. The van der Waals surface area contributed by atoms with Crippen LogP contribution in [-0.4, -0.2) is 24.7 Å². The van der Waals surface area contributed by atoms with Gasteiger partial charge in [0.1, 0.15) is 5.82 Å². The van der Waals surface area contributed by atoms with Crippen molar-refractivity contribution in [3.63, 3.8) is 0 Å². The van der Waals surface area contributed by atoms with Crippen LogP contribution in [-0.2, 0) is 0 Å². The minimum atomic E-state index is -0.467. The summed E-state index contributed by atoms with van der Waals surface area (Å²) < 4.78 is 14.6. The number of fused-ring (bicyclic) bond motifs is 1. The van der Waals surface area contributed by atoms with Gasteiger partial charge >= 0.3 is 0 Å². The van der Waals surface area contributed by atoms with Gasteiger partial charge in [-0.1, -0.05) is 29.3 Å². The van der Waals surface area contributed by atoms with Gasteiger partial charge in [-0.05, 0) is 56.7 Å². The molecule has 3 rings (SSSR count). The first kappa shape index (κ1) is 20.4. The number of rotatable bonds is 3. The monoisotopic (exact) mass is 419 g/mol. The fraction of sp³-hybridized carbons (Fsp3) is 0.238. The molecular formula is C21H20Cl2FN3O. The highest BCUT2D eigenvalue weighted by Crippen LogP contribution is 2.38. The zero-order valence-electron chi connectivity index (χ0n) is 16.0. The van der Waals surface area contributed by atoms with Gasteiger partial charge in [-0.3, -0.25) is 4.79 Å². The number of carbonyl (C=O) groups is 1. The number of nitrogens with zero attached hydrogens (tertiary/aromatic N) is 2. The Bertz CT molecular complexity index is 1010. The van der Waals surface area contributed by atoms with Crippen molar-refractivity contribution in [1.82, 2.24) is 5.43 Å². The summed E-state index contributed by atoms with van der Waals surface area (Å²) in [5.74, 6) is -0.880. The third-order valence-corrected chi connectivity index (χ3v) is 5.63. The number of amides is 1. The third kappa shape index (κ3) is 3.91. The maximum Gasteiger partial charge on any atom is 0.271 e. The summed E-state index contributed by atoms with van der Waals surface area (Å²) in [6.07, 6.45) is 3.43. The summed E-state index contributed by atoms with van der Waals surface area (Å²) in [5, 5.41) is 4.51. The van der Waals surface area contributed by atoms with Crippen molar-refractivity contribution in [3.05, 3.63) is 69.0 Å². The lowest BCUT2D eigenvalue weighted by Crippen LogP contribution is -2.42. The van der Waals surface area contributed by atoms with Gasteiger partial charge in [0, 0.05) is 29.4 Å². The Morgan fingerprint density at radius 1 is 1.21 bits per heavy atom. The van der Waals surface area contributed by atoms with Gasteiger partial charge in [-0.25, -0.2) is 9.82 Å². The highest BCUT2D eigenvalue weighted by molar-refractivity contribution is 6.42. The minimum Gasteiger partial charge on any atom is -0.365 e. The molecule has 0 unspecified atom stereocenters. The molecule has 146 valence electrons. The summed E-state index contributed by atoms with van der Waals surface area (Å²) in [5.41, 5.74) is 5.57. The number of nitrogens with one attached hydrogen (secondary N) is 1. The Kier molecular flexibility index (Phi) is 5.50. The van der Waals surface area contributed by atoms with E-state index < -0.39 is 11.7 Å². The van der Waals surface area contributed by atoms with Crippen LogP contribution in [0.4, 0.5) is 10.1 Å². The molecular weight excluding hydrogens is 400 g/mol. The molecule has 0 saturated heterocycles. The molecule has 0 aliphatic carbocycles.